The zero-order valence-electron chi connectivity index (χ0n) is 15.6. The van der Waals surface area contributed by atoms with Gasteiger partial charge in [0.25, 0.3) is 11.9 Å². The Kier molecular flexibility index (Phi) is 518. The van der Waals surface area contributed by atoms with E-state index in [1.165, 1.54) is 6.92 Å². The van der Waals surface area contributed by atoms with Gasteiger partial charge >= 0.3 is 106 Å². The number of carbonyl (C=O) groups excluding carboxylic acids is 1. The van der Waals surface area contributed by atoms with Crippen molar-refractivity contribution in [3.05, 3.63) is 36.9 Å². The molecule has 216 valence electrons. The molecule has 0 aromatic rings. The van der Waals surface area contributed by atoms with Crippen LogP contribution >= 0.6 is 68.1 Å². The second kappa shape index (κ2) is 155. The first-order valence-corrected chi connectivity index (χ1v) is 20.9. The zero-order chi connectivity index (χ0) is 20.9. The van der Waals surface area contributed by atoms with Crippen LogP contribution in [0.15, 0.2) is 0 Å². The number of carboxylic acid groups (broad SMARTS) is 2. The monoisotopic (exact) mass is 1160 g/mol. The van der Waals surface area contributed by atoms with Gasteiger partial charge in [0, 0.05) is 20.8 Å². The molecule has 0 aromatic carbocycles. The van der Waals surface area contributed by atoms with Crippen LogP contribution in [0, 0.1) is 0 Å². The molecule has 0 unspecified atom stereocenters. The van der Waals surface area contributed by atoms with E-state index in [1.807, 2.05) is 0 Å². The summed E-state index contributed by atoms with van der Waals surface area (Å²) in [6.45, 7) is 3.46. The predicted molar refractivity (Wildman–Crippen MR) is 122 cm³/mol. The molecule has 31 heavy (non-hydrogen) atoms. The number of hydrogen-bond donors (Lipinski definition) is 4. The Hall–Kier alpha value is 2.30. The molecule has 0 amide bonds. The molecule has 0 saturated heterocycles. The molecule has 15 nitrogen and oxygen atoms in total. The summed E-state index contributed by atoms with van der Waals surface area (Å²) in [4.78, 5) is 27.2. The Labute approximate surface area is 236 Å². The molecule has 0 radical (unpaired) electrons. The molecular weight excluding hydrogens is 1130 g/mol. The zero-order valence-corrected chi connectivity index (χ0v) is 27.7. The van der Waals surface area contributed by atoms with E-state index in [2.05, 4.69) is 11.6 Å². The molecule has 0 aliphatic carbocycles. The van der Waals surface area contributed by atoms with Gasteiger partial charge in [0.2, 0.25) is 5.24 Å². The Morgan fingerprint density at radius 1 is 0.548 bits per heavy atom. The van der Waals surface area contributed by atoms with Gasteiger partial charge in [-0.2, -0.15) is 0 Å². The number of aliphatic carboxylic acids is 2. The maximum Gasteiger partial charge on any atom is -0.693 e. The van der Waals surface area contributed by atoms with Gasteiger partial charge in [-0.05, 0) is 11.6 Å². The van der Waals surface area contributed by atoms with Crippen molar-refractivity contribution in [1.82, 2.24) is 0 Å². The van der Waals surface area contributed by atoms with Gasteiger partial charge in [-0.15, -0.1) is 0 Å². The maximum atomic E-state index is 9.21. The van der Waals surface area contributed by atoms with Crippen LogP contribution in [0.5, 0.6) is 0 Å². The summed E-state index contributed by atoms with van der Waals surface area (Å²) in [6, 6.07) is 0. The minimum Gasteiger partial charge on any atom is -0.693 e. The van der Waals surface area contributed by atoms with Gasteiger partial charge < -0.3 is 58.1 Å². The maximum absolute atomic E-state index is 9.21. The smallest absolute Gasteiger partial charge is 0.693 e. The number of nitrogens with two attached hydrogens (primary N) is 6. The second-order valence-corrected chi connectivity index (χ2v) is 12.0. The minimum absolute atomic E-state index is 0. The first-order valence-electron chi connectivity index (χ1n) is 3.67. The number of halogens is 7. The molecule has 0 bridgehead atoms. The molecule has 0 fully saturated rings. The average molecular weight is 1160 g/mol. The third kappa shape index (κ3) is 5580. The Balaban J connectivity index is -0.00000000716. The molecule has 0 aromatic heterocycles. The van der Waals surface area contributed by atoms with Crippen LogP contribution < -0.4 is 0 Å². The van der Waals surface area contributed by atoms with Gasteiger partial charge in [-0.3, -0.25) is 24.9 Å². The molecular formula is C6H29Cl7N6O9Pt3. The summed E-state index contributed by atoms with van der Waals surface area (Å²) < 4.78 is 0. The van der Waals surface area contributed by atoms with Crippen molar-refractivity contribution in [3.8, 4) is 0 Å². The van der Waals surface area contributed by atoms with Gasteiger partial charge in [-0.1, -0.05) is 0 Å². The standard InChI is InChI=1S/C2H3ClO.2C2H4O2.6ClH.6H2N.H2O2.2H2O.3Pt/c3*1-2(3)4;;;;;;;;;;;;;1-2;;;;;/h1H3;2*1H3,(H,3,4);6*1H;6*1H2;1-2H;2*1H2;;;/q;;;;;;;;;6*-1;;;;3*+4/p-6. The van der Waals surface area contributed by atoms with E-state index in [4.69, 9.17) is 86.8 Å². The van der Waals surface area contributed by atoms with Crippen LogP contribution in [-0.2, 0) is 63.8 Å². The molecule has 0 rings (SSSR count). The van der Waals surface area contributed by atoms with Crippen molar-refractivity contribution in [2.24, 2.45) is 0 Å². The first kappa shape index (κ1) is 104. The van der Waals surface area contributed by atoms with E-state index in [1.54, 1.807) is 0 Å². The third-order valence-corrected chi connectivity index (χ3v) is 0. The summed E-state index contributed by atoms with van der Waals surface area (Å²) in [5.74, 6) is -1.67. The molecule has 0 heterocycles. The summed E-state index contributed by atoms with van der Waals surface area (Å²) >= 11 is 3.22. The number of carboxylic acids is 2. The van der Waals surface area contributed by atoms with Crippen molar-refractivity contribution in [2.45, 2.75) is 20.8 Å². The fraction of sp³-hybridized carbons (Fsp3) is 0.500. The summed E-state index contributed by atoms with van der Waals surface area (Å²) in [6.07, 6.45) is 0. The number of hydrogen-bond acceptors (Lipinski definition) is 5. The predicted octanol–water partition coefficient (Wildman–Crippen LogP) is 7.75. The van der Waals surface area contributed by atoms with E-state index >= 15 is 0 Å². The van der Waals surface area contributed by atoms with Crippen LogP contribution in [-0.4, -0.2) is 48.9 Å². The average Bonchev–Trinajstić information content (AvgIpc) is 2.31. The van der Waals surface area contributed by atoms with Gasteiger partial charge in [-0.25, -0.2) is 0 Å². The largest absolute Gasteiger partial charge is 0.693 e. The van der Waals surface area contributed by atoms with E-state index in [-0.39, 0.29) is 53.1 Å². The Bertz CT molecular complexity index is 197. The third-order valence-electron chi connectivity index (χ3n) is 0. The molecule has 0 aliphatic heterocycles. The van der Waals surface area contributed by atoms with Crippen LogP contribution in [0.2, 0.25) is 0 Å². The molecule has 0 aliphatic rings. The second-order valence-electron chi connectivity index (χ2n) is 1.64. The van der Waals surface area contributed by atoms with Crippen molar-refractivity contribution in [3.63, 3.8) is 0 Å². The van der Waals surface area contributed by atoms with E-state index < -0.39 is 61.4 Å². The fourth-order valence-electron chi connectivity index (χ4n) is 0. The molecule has 0 atom stereocenters. The number of carbonyl (C=O) groups is 3. The van der Waals surface area contributed by atoms with Crippen LogP contribution in [0.4, 0.5) is 0 Å². The summed E-state index contributed by atoms with van der Waals surface area (Å²) in [5.41, 5.74) is 0. The summed E-state index contributed by atoms with van der Waals surface area (Å²) in [5, 5.41) is 26.5. The fourth-order valence-corrected chi connectivity index (χ4v) is 0. The van der Waals surface area contributed by atoms with Crippen LogP contribution in [0.1, 0.15) is 20.8 Å². The van der Waals surface area contributed by atoms with Crippen molar-refractivity contribution in [1.29, 1.82) is 0 Å². The minimum atomic E-state index is -0.833. The van der Waals surface area contributed by atoms with Crippen molar-refractivity contribution in [2.75, 3.05) is 0 Å². The van der Waals surface area contributed by atoms with E-state index in [0.29, 0.717) is 0 Å². The Morgan fingerprint density at radius 3 is 0.548 bits per heavy atom. The van der Waals surface area contributed by atoms with E-state index in [9.17, 15) is 4.79 Å². The first-order chi connectivity index (χ1) is 10.4. The SMILES string of the molecule is CC(=O)Cl.CC(=O)O.CC(=O)O.O.O.OO.[Cl][Pt+2][Cl].[Cl][Pt+2][Cl].[Cl][Pt+2][Cl].[NH2-].[NH2-].[NH2-].[NH2-].[NH2-].[NH2-]. The quantitative estimate of drug-likeness (QED) is 0.106. The summed E-state index contributed by atoms with van der Waals surface area (Å²) in [7, 11) is 29.2. The topological polar surface area (TPSA) is 396 Å². The van der Waals surface area contributed by atoms with Gasteiger partial charge in [0.1, 0.15) is 0 Å². The van der Waals surface area contributed by atoms with Gasteiger partial charge in [0.15, 0.2) is 0 Å². The van der Waals surface area contributed by atoms with Crippen LogP contribution in [0.25, 0.3) is 36.9 Å². The van der Waals surface area contributed by atoms with Crippen molar-refractivity contribution < 1.29 is 95.5 Å². The molecule has 0 saturated carbocycles. The van der Waals surface area contributed by atoms with Crippen LogP contribution in [0.3, 0.4) is 0 Å². The normalized spacial score (nSPS) is 4.77. The van der Waals surface area contributed by atoms with Gasteiger partial charge in [0.05, 0.1) is 0 Å². The number of rotatable bonds is 0. The Morgan fingerprint density at radius 2 is 0.548 bits per heavy atom. The molecule has 0 spiro atoms. The van der Waals surface area contributed by atoms with Crippen molar-refractivity contribution >= 4 is 85.3 Å². The molecule has 25 heteroatoms. The molecule has 20 N–H and O–H groups in total. The van der Waals surface area contributed by atoms with E-state index in [0.717, 1.165) is 13.8 Å².